The molecule has 2 heterocycles. The van der Waals surface area contributed by atoms with E-state index in [1.165, 1.54) is 17.8 Å². The van der Waals surface area contributed by atoms with E-state index in [-0.39, 0.29) is 0 Å². The molecule has 18 heavy (non-hydrogen) atoms. The van der Waals surface area contributed by atoms with E-state index in [0.717, 1.165) is 26.1 Å². The quantitative estimate of drug-likeness (QED) is 0.798. The van der Waals surface area contributed by atoms with E-state index < -0.39 is 0 Å². The molecule has 0 radical (unpaired) electrons. The summed E-state index contributed by atoms with van der Waals surface area (Å²) in [5.41, 5.74) is 2.55. The highest BCUT2D eigenvalue weighted by atomic mass is 16.5. The number of hydrogen-bond donors (Lipinski definition) is 0. The molecule has 1 fully saturated rings. The largest absolute Gasteiger partial charge is 0.381 e. The van der Waals surface area contributed by atoms with Crippen LogP contribution in [0.5, 0.6) is 0 Å². The van der Waals surface area contributed by atoms with Gasteiger partial charge in [0.15, 0.2) is 0 Å². The van der Waals surface area contributed by atoms with Crippen LogP contribution in [0.2, 0.25) is 0 Å². The van der Waals surface area contributed by atoms with Crippen LogP contribution in [-0.2, 0) is 4.74 Å². The predicted octanol–water partition coefficient (Wildman–Crippen LogP) is 4.13. The zero-order valence-electron chi connectivity index (χ0n) is 11.9. The third-order valence-electron chi connectivity index (χ3n) is 4.06. The molecule has 2 rings (SSSR count). The molecule has 1 atom stereocenters. The molecule has 0 spiro atoms. The van der Waals surface area contributed by atoms with Gasteiger partial charge in [0.05, 0.1) is 0 Å². The van der Waals surface area contributed by atoms with Crippen molar-refractivity contribution in [2.45, 2.75) is 51.9 Å². The van der Waals surface area contributed by atoms with Crippen LogP contribution in [0.1, 0.15) is 63.3 Å². The molecule has 1 aromatic rings. The van der Waals surface area contributed by atoms with Crippen molar-refractivity contribution in [3.05, 3.63) is 29.6 Å². The second-order valence-electron chi connectivity index (χ2n) is 5.63. The molecule has 2 nitrogen and oxygen atoms in total. The molecular weight excluding hydrogens is 222 g/mol. The minimum absolute atomic E-state index is 0.588. The highest BCUT2D eigenvalue weighted by molar-refractivity contribution is 5.18. The van der Waals surface area contributed by atoms with Crippen LogP contribution in [-0.4, -0.2) is 18.2 Å². The van der Waals surface area contributed by atoms with Gasteiger partial charge in [-0.1, -0.05) is 26.8 Å². The van der Waals surface area contributed by atoms with Crippen LogP contribution in [0.4, 0.5) is 0 Å². The van der Waals surface area contributed by atoms with Crippen LogP contribution >= 0.6 is 0 Å². The minimum atomic E-state index is 0.588. The normalized spacial score (nSPS) is 19.1. The summed E-state index contributed by atoms with van der Waals surface area (Å²) in [6.45, 7) is 8.61. The van der Waals surface area contributed by atoms with Gasteiger partial charge in [-0.15, -0.1) is 0 Å². The van der Waals surface area contributed by atoms with Crippen molar-refractivity contribution in [1.29, 1.82) is 0 Å². The van der Waals surface area contributed by atoms with Crippen LogP contribution in [0.3, 0.4) is 0 Å². The molecule has 1 aromatic heterocycles. The Kier molecular flexibility index (Phi) is 4.76. The highest BCUT2D eigenvalue weighted by Crippen LogP contribution is 2.30. The van der Waals surface area contributed by atoms with Gasteiger partial charge in [-0.2, -0.15) is 0 Å². The molecule has 0 aliphatic carbocycles. The fourth-order valence-corrected chi connectivity index (χ4v) is 2.92. The second kappa shape index (κ2) is 6.33. The zero-order valence-corrected chi connectivity index (χ0v) is 11.9. The Hall–Kier alpha value is -0.890. The smallest absolute Gasteiger partial charge is 0.0472 e. The Balaban J connectivity index is 2.18. The summed E-state index contributed by atoms with van der Waals surface area (Å²) in [6.07, 6.45) is 3.41. The first kappa shape index (κ1) is 13.5. The summed E-state index contributed by atoms with van der Waals surface area (Å²) in [6, 6.07) is 6.56. The van der Waals surface area contributed by atoms with E-state index in [4.69, 9.17) is 9.72 Å². The van der Waals surface area contributed by atoms with E-state index in [0.29, 0.717) is 17.8 Å². The van der Waals surface area contributed by atoms with E-state index >= 15 is 0 Å². The van der Waals surface area contributed by atoms with E-state index in [1.807, 2.05) is 0 Å². The van der Waals surface area contributed by atoms with Crippen LogP contribution < -0.4 is 0 Å². The Morgan fingerprint density at radius 2 is 2.00 bits per heavy atom. The first-order valence-corrected chi connectivity index (χ1v) is 7.27. The van der Waals surface area contributed by atoms with Gasteiger partial charge in [0.25, 0.3) is 0 Å². The lowest BCUT2D eigenvalue weighted by Crippen LogP contribution is -2.16. The van der Waals surface area contributed by atoms with Gasteiger partial charge < -0.3 is 4.74 Å². The zero-order chi connectivity index (χ0) is 13.0. The molecule has 1 aliphatic rings. The summed E-state index contributed by atoms with van der Waals surface area (Å²) < 4.78 is 5.43. The van der Waals surface area contributed by atoms with Gasteiger partial charge in [0.2, 0.25) is 0 Å². The summed E-state index contributed by atoms with van der Waals surface area (Å²) >= 11 is 0. The molecule has 1 aliphatic heterocycles. The van der Waals surface area contributed by atoms with Gasteiger partial charge in [0, 0.05) is 36.4 Å². The maximum absolute atomic E-state index is 5.43. The summed E-state index contributed by atoms with van der Waals surface area (Å²) in [5, 5.41) is 0. The van der Waals surface area contributed by atoms with Gasteiger partial charge in [-0.25, -0.2) is 0 Å². The number of nitrogens with zero attached hydrogens (tertiary/aromatic N) is 1. The van der Waals surface area contributed by atoms with Crippen molar-refractivity contribution in [1.82, 2.24) is 4.98 Å². The topological polar surface area (TPSA) is 22.1 Å². The first-order valence-electron chi connectivity index (χ1n) is 7.27. The standard InChI is InChI=1S/C16H25NO/c1-4-14(12(2)3)16-7-5-6-15(17-16)13-8-10-18-11-9-13/h5-7,12-14H,4,8-11H2,1-3H3/t14-/m1/s1. The Morgan fingerprint density at radius 3 is 2.61 bits per heavy atom. The molecule has 0 unspecified atom stereocenters. The lowest BCUT2D eigenvalue weighted by atomic mass is 9.88. The summed E-state index contributed by atoms with van der Waals surface area (Å²) in [5.74, 6) is 1.85. The Morgan fingerprint density at radius 1 is 1.28 bits per heavy atom. The summed E-state index contributed by atoms with van der Waals surface area (Å²) in [7, 11) is 0. The minimum Gasteiger partial charge on any atom is -0.381 e. The van der Waals surface area contributed by atoms with Crippen LogP contribution in [0.25, 0.3) is 0 Å². The van der Waals surface area contributed by atoms with Crippen molar-refractivity contribution in [3.63, 3.8) is 0 Å². The lowest BCUT2D eigenvalue weighted by Gasteiger charge is -2.24. The maximum atomic E-state index is 5.43. The van der Waals surface area contributed by atoms with Crippen molar-refractivity contribution >= 4 is 0 Å². The third kappa shape index (κ3) is 3.11. The fourth-order valence-electron chi connectivity index (χ4n) is 2.92. The molecule has 100 valence electrons. The van der Waals surface area contributed by atoms with E-state index in [1.54, 1.807) is 0 Å². The molecule has 0 bridgehead atoms. The van der Waals surface area contributed by atoms with Crippen molar-refractivity contribution in [3.8, 4) is 0 Å². The number of hydrogen-bond acceptors (Lipinski definition) is 2. The number of aromatic nitrogens is 1. The van der Waals surface area contributed by atoms with Crippen molar-refractivity contribution < 1.29 is 4.74 Å². The van der Waals surface area contributed by atoms with E-state index in [2.05, 4.69) is 39.0 Å². The summed E-state index contributed by atoms with van der Waals surface area (Å²) in [4.78, 5) is 4.93. The van der Waals surface area contributed by atoms with E-state index in [9.17, 15) is 0 Å². The monoisotopic (exact) mass is 247 g/mol. The van der Waals surface area contributed by atoms with Crippen LogP contribution in [0.15, 0.2) is 18.2 Å². The van der Waals surface area contributed by atoms with Gasteiger partial charge in [-0.05, 0) is 37.3 Å². The van der Waals surface area contributed by atoms with Crippen molar-refractivity contribution in [2.24, 2.45) is 5.92 Å². The molecule has 2 heteroatoms. The first-order chi connectivity index (χ1) is 8.72. The third-order valence-corrected chi connectivity index (χ3v) is 4.06. The van der Waals surface area contributed by atoms with Gasteiger partial charge >= 0.3 is 0 Å². The molecule has 0 aromatic carbocycles. The predicted molar refractivity (Wildman–Crippen MR) is 74.9 cm³/mol. The molecule has 0 saturated carbocycles. The number of pyridine rings is 1. The van der Waals surface area contributed by atoms with Crippen molar-refractivity contribution in [2.75, 3.05) is 13.2 Å². The molecule has 0 N–H and O–H groups in total. The second-order valence-corrected chi connectivity index (χ2v) is 5.63. The number of rotatable bonds is 4. The van der Waals surface area contributed by atoms with Gasteiger partial charge in [0.1, 0.15) is 0 Å². The highest BCUT2D eigenvalue weighted by Gasteiger charge is 2.20. The fraction of sp³-hybridized carbons (Fsp3) is 0.688. The van der Waals surface area contributed by atoms with Crippen LogP contribution in [0, 0.1) is 5.92 Å². The SMILES string of the molecule is CC[C@@H](c1cccc(C2CCOCC2)n1)C(C)C. The van der Waals surface area contributed by atoms with Gasteiger partial charge in [-0.3, -0.25) is 4.98 Å². The lowest BCUT2D eigenvalue weighted by molar-refractivity contribution is 0.0844. The Bertz CT molecular complexity index is 369. The molecule has 0 amide bonds. The molecule has 1 saturated heterocycles. The maximum Gasteiger partial charge on any atom is 0.0472 e. The number of ether oxygens (including phenoxy) is 1. The molecular formula is C16H25NO. The Labute approximate surface area is 111 Å². The average Bonchev–Trinajstić information content (AvgIpc) is 2.40. The average molecular weight is 247 g/mol.